The topological polar surface area (TPSA) is 60.9 Å². The lowest BCUT2D eigenvalue weighted by Crippen LogP contribution is -2.51. The van der Waals surface area contributed by atoms with E-state index in [1.165, 1.54) is 8.61 Å². The second kappa shape index (κ2) is 7.35. The molecule has 1 atom stereocenters. The van der Waals surface area contributed by atoms with Crippen LogP contribution in [-0.2, 0) is 16.8 Å². The van der Waals surface area contributed by atoms with Crippen LogP contribution in [0.15, 0.2) is 30.3 Å². The van der Waals surface area contributed by atoms with Gasteiger partial charge in [-0.15, -0.1) is 0 Å². The van der Waals surface area contributed by atoms with Crippen LogP contribution in [0, 0.1) is 0 Å². The Morgan fingerprint density at radius 3 is 2.62 bits per heavy atom. The van der Waals surface area contributed by atoms with Gasteiger partial charge in [0.25, 0.3) is 10.2 Å². The summed E-state index contributed by atoms with van der Waals surface area (Å²) in [5, 5.41) is 9.44. The molecule has 0 saturated carbocycles. The standard InChI is InChI=1S/C15H24N2O3S/c1-2-16(12-14-8-4-3-5-9-14)21(19,20)17-11-7-6-10-15(17)13-18/h3-5,8-9,15,18H,2,6-7,10-13H2,1H3. The Hall–Kier alpha value is -0.950. The molecule has 118 valence electrons. The number of hydrogen-bond acceptors (Lipinski definition) is 3. The highest BCUT2D eigenvalue weighted by Gasteiger charge is 2.35. The SMILES string of the molecule is CCN(Cc1ccccc1)S(=O)(=O)N1CCCCC1CO. The zero-order valence-corrected chi connectivity index (χ0v) is 13.3. The van der Waals surface area contributed by atoms with Crippen molar-refractivity contribution in [2.75, 3.05) is 19.7 Å². The fourth-order valence-corrected chi connectivity index (χ4v) is 4.60. The molecule has 0 bridgehead atoms. The largest absolute Gasteiger partial charge is 0.395 e. The maximum absolute atomic E-state index is 12.8. The Bertz CT molecular complexity index is 533. The van der Waals surface area contributed by atoms with Crippen molar-refractivity contribution in [3.05, 3.63) is 35.9 Å². The first-order valence-electron chi connectivity index (χ1n) is 7.51. The van der Waals surface area contributed by atoms with Crippen LogP contribution in [0.3, 0.4) is 0 Å². The van der Waals surface area contributed by atoms with Crippen molar-refractivity contribution in [3.63, 3.8) is 0 Å². The van der Waals surface area contributed by atoms with Crippen LogP contribution in [0.1, 0.15) is 31.7 Å². The molecule has 0 radical (unpaired) electrons. The Labute approximate surface area is 127 Å². The van der Waals surface area contributed by atoms with Crippen LogP contribution in [0.5, 0.6) is 0 Å². The first-order chi connectivity index (χ1) is 10.1. The molecule has 1 aromatic rings. The smallest absolute Gasteiger partial charge is 0.282 e. The van der Waals surface area contributed by atoms with Crippen LogP contribution >= 0.6 is 0 Å². The van der Waals surface area contributed by atoms with E-state index < -0.39 is 10.2 Å². The molecule has 0 spiro atoms. The second-order valence-electron chi connectivity index (χ2n) is 5.36. The highest BCUT2D eigenvalue weighted by Crippen LogP contribution is 2.23. The molecule has 0 aromatic heterocycles. The lowest BCUT2D eigenvalue weighted by Gasteiger charge is -2.37. The van der Waals surface area contributed by atoms with Gasteiger partial charge in [0, 0.05) is 25.7 Å². The van der Waals surface area contributed by atoms with Gasteiger partial charge < -0.3 is 5.11 Å². The summed E-state index contributed by atoms with van der Waals surface area (Å²) in [4.78, 5) is 0. The fraction of sp³-hybridized carbons (Fsp3) is 0.600. The number of piperidine rings is 1. The van der Waals surface area contributed by atoms with Gasteiger partial charge in [-0.25, -0.2) is 0 Å². The molecule has 1 N–H and O–H groups in total. The summed E-state index contributed by atoms with van der Waals surface area (Å²) in [6.07, 6.45) is 2.57. The molecule has 1 heterocycles. The lowest BCUT2D eigenvalue weighted by atomic mass is 10.1. The fourth-order valence-electron chi connectivity index (χ4n) is 2.75. The van der Waals surface area contributed by atoms with E-state index in [4.69, 9.17) is 0 Å². The number of benzene rings is 1. The van der Waals surface area contributed by atoms with Gasteiger partial charge in [-0.1, -0.05) is 43.7 Å². The predicted molar refractivity (Wildman–Crippen MR) is 82.9 cm³/mol. The van der Waals surface area contributed by atoms with E-state index in [1.807, 2.05) is 37.3 Å². The summed E-state index contributed by atoms with van der Waals surface area (Å²) in [5.41, 5.74) is 0.973. The van der Waals surface area contributed by atoms with Crippen molar-refractivity contribution in [1.29, 1.82) is 0 Å². The van der Waals surface area contributed by atoms with E-state index in [0.29, 0.717) is 19.6 Å². The second-order valence-corrected chi connectivity index (χ2v) is 7.24. The predicted octanol–water partition coefficient (Wildman–Crippen LogP) is 1.60. The van der Waals surface area contributed by atoms with E-state index in [0.717, 1.165) is 24.8 Å². The van der Waals surface area contributed by atoms with Crippen LogP contribution in [0.2, 0.25) is 0 Å². The van der Waals surface area contributed by atoms with Gasteiger partial charge in [0.05, 0.1) is 6.61 Å². The van der Waals surface area contributed by atoms with E-state index >= 15 is 0 Å². The van der Waals surface area contributed by atoms with Crippen molar-refractivity contribution in [1.82, 2.24) is 8.61 Å². The lowest BCUT2D eigenvalue weighted by molar-refractivity contribution is 0.147. The Balaban J connectivity index is 2.18. The monoisotopic (exact) mass is 312 g/mol. The molecule has 1 fully saturated rings. The van der Waals surface area contributed by atoms with Gasteiger partial charge >= 0.3 is 0 Å². The minimum Gasteiger partial charge on any atom is -0.395 e. The van der Waals surface area contributed by atoms with E-state index in [-0.39, 0.29) is 12.6 Å². The summed E-state index contributed by atoms with van der Waals surface area (Å²) in [6.45, 7) is 3.03. The van der Waals surface area contributed by atoms with Crippen LogP contribution < -0.4 is 0 Å². The van der Waals surface area contributed by atoms with Crippen LogP contribution in [-0.4, -0.2) is 47.9 Å². The van der Waals surface area contributed by atoms with Gasteiger partial charge in [0.15, 0.2) is 0 Å². The number of aliphatic hydroxyl groups is 1. The summed E-state index contributed by atoms with van der Waals surface area (Å²) in [7, 11) is -3.53. The van der Waals surface area contributed by atoms with Gasteiger partial charge in [-0.2, -0.15) is 17.0 Å². The molecule has 0 amide bonds. The molecule has 5 nitrogen and oxygen atoms in total. The van der Waals surface area contributed by atoms with E-state index in [9.17, 15) is 13.5 Å². The summed E-state index contributed by atoms with van der Waals surface area (Å²) < 4.78 is 28.6. The van der Waals surface area contributed by atoms with Gasteiger partial charge in [0.1, 0.15) is 0 Å². The number of aliphatic hydroxyl groups excluding tert-OH is 1. The van der Waals surface area contributed by atoms with E-state index in [2.05, 4.69) is 0 Å². The summed E-state index contributed by atoms with van der Waals surface area (Å²) in [6, 6.07) is 9.31. The minimum absolute atomic E-state index is 0.109. The van der Waals surface area contributed by atoms with Crippen LogP contribution in [0.25, 0.3) is 0 Å². The Morgan fingerprint density at radius 2 is 2.00 bits per heavy atom. The molecule has 1 aromatic carbocycles. The van der Waals surface area contributed by atoms with Crippen molar-refractivity contribution in [3.8, 4) is 0 Å². The average Bonchev–Trinajstić information content (AvgIpc) is 2.53. The Morgan fingerprint density at radius 1 is 1.29 bits per heavy atom. The van der Waals surface area contributed by atoms with Crippen molar-refractivity contribution < 1.29 is 13.5 Å². The quantitative estimate of drug-likeness (QED) is 0.868. The number of nitrogens with zero attached hydrogens (tertiary/aromatic N) is 2. The highest BCUT2D eigenvalue weighted by molar-refractivity contribution is 7.86. The number of hydrogen-bond donors (Lipinski definition) is 1. The maximum atomic E-state index is 12.8. The molecular formula is C15H24N2O3S. The van der Waals surface area contributed by atoms with Crippen LogP contribution in [0.4, 0.5) is 0 Å². The van der Waals surface area contributed by atoms with Crippen molar-refractivity contribution >= 4 is 10.2 Å². The zero-order valence-electron chi connectivity index (χ0n) is 12.5. The summed E-state index contributed by atoms with van der Waals surface area (Å²) >= 11 is 0. The maximum Gasteiger partial charge on any atom is 0.282 e. The Kier molecular flexibility index (Phi) is 5.75. The third-order valence-corrected chi connectivity index (χ3v) is 6.07. The van der Waals surface area contributed by atoms with Gasteiger partial charge in [-0.05, 0) is 18.4 Å². The molecule has 1 unspecified atom stereocenters. The molecule has 1 aliphatic rings. The third kappa shape index (κ3) is 3.83. The molecule has 1 saturated heterocycles. The van der Waals surface area contributed by atoms with E-state index in [1.54, 1.807) is 0 Å². The molecule has 0 aliphatic carbocycles. The summed E-state index contributed by atoms with van der Waals surface area (Å²) in [5.74, 6) is 0. The molecule has 2 rings (SSSR count). The highest BCUT2D eigenvalue weighted by atomic mass is 32.2. The average molecular weight is 312 g/mol. The van der Waals surface area contributed by atoms with Crippen molar-refractivity contribution in [2.24, 2.45) is 0 Å². The van der Waals surface area contributed by atoms with Crippen molar-refractivity contribution in [2.45, 2.75) is 38.8 Å². The normalized spacial score (nSPS) is 20.8. The number of rotatable bonds is 6. The molecular weight excluding hydrogens is 288 g/mol. The third-order valence-electron chi connectivity index (χ3n) is 3.96. The molecule has 1 aliphatic heterocycles. The first kappa shape index (κ1) is 16.4. The zero-order chi connectivity index (χ0) is 15.3. The minimum atomic E-state index is -3.53. The molecule has 6 heteroatoms. The van der Waals surface area contributed by atoms with Gasteiger partial charge in [-0.3, -0.25) is 0 Å². The van der Waals surface area contributed by atoms with Gasteiger partial charge in [0.2, 0.25) is 0 Å². The molecule has 21 heavy (non-hydrogen) atoms. The first-order valence-corrected chi connectivity index (χ1v) is 8.91.